The van der Waals surface area contributed by atoms with Gasteiger partial charge in [-0.05, 0) is 92.5 Å². The van der Waals surface area contributed by atoms with Crippen molar-refractivity contribution in [2.75, 3.05) is 4.90 Å². The molecule has 9 aromatic carbocycles. The third-order valence-corrected chi connectivity index (χ3v) is 10.2. The van der Waals surface area contributed by atoms with E-state index < -0.39 is 0 Å². The average Bonchev–Trinajstić information content (AvgIpc) is 3.61. The van der Waals surface area contributed by atoms with Gasteiger partial charge >= 0.3 is 0 Å². The van der Waals surface area contributed by atoms with Crippen LogP contribution in [-0.2, 0) is 0 Å². The van der Waals surface area contributed by atoms with Gasteiger partial charge in [0.2, 0.25) is 0 Å². The van der Waals surface area contributed by atoms with Gasteiger partial charge in [0.25, 0.3) is 0 Å². The highest BCUT2D eigenvalue weighted by Gasteiger charge is 2.18. The molecule has 1 heterocycles. The van der Waals surface area contributed by atoms with Crippen LogP contribution in [0.5, 0.6) is 0 Å². The standard InChI is InChI=1S/C50H33NO/c1-3-12-34(13-4-1)36-24-28-41(29-25-36)51(40-16-5-2-6-17-40)42-30-26-37(27-31-42)43-20-11-21-46-48-33-47(39-23-22-35-14-7-8-15-38(35)32-39)44-18-9-10-19-45(44)50(48)52-49(43)46/h1-33H. The van der Waals surface area contributed by atoms with Crippen LogP contribution in [0.4, 0.5) is 17.1 Å². The summed E-state index contributed by atoms with van der Waals surface area (Å²) in [7, 11) is 0. The van der Waals surface area contributed by atoms with Crippen LogP contribution in [-0.4, -0.2) is 0 Å². The summed E-state index contributed by atoms with van der Waals surface area (Å²) in [5.74, 6) is 0. The second-order valence-electron chi connectivity index (χ2n) is 13.3. The van der Waals surface area contributed by atoms with E-state index in [1.54, 1.807) is 0 Å². The van der Waals surface area contributed by atoms with Crippen molar-refractivity contribution in [3.05, 3.63) is 200 Å². The van der Waals surface area contributed by atoms with E-state index in [1.807, 2.05) is 0 Å². The number of nitrogens with zero attached hydrogens (tertiary/aromatic N) is 1. The van der Waals surface area contributed by atoms with E-state index in [-0.39, 0.29) is 0 Å². The SMILES string of the molecule is c1ccc(-c2ccc(N(c3ccccc3)c3ccc(-c4cccc5c4oc4c6ccccc6c(-c6ccc7ccccc7c6)cc54)cc3)cc2)cc1. The van der Waals surface area contributed by atoms with E-state index in [0.717, 1.165) is 55.5 Å². The summed E-state index contributed by atoms with van der Waals surface area (Å²) in [5, 5.41) is 7.04. The molecule has 244 valence electrons. The minimum Gasteiger partial charge on any atom is -0.455 e. The maximum atomic E-state index is 6.87. The maximum Gasteiger partial charge on any atom is 0.143 e. The van der Waals surface area contributed by atoms with Crippen molar-refractivity contribution < 1.29 is 4.42 Å². The lowest BCUT2D eigenvalue weighted by Gasteiger charge is -2.26. The highest BCUT2D eigenvalue weighted by molar-refractivity contribution is 6.21. The predicted molar refractivity (Wildman–Crippen MR) is 220 cm³/mol. The van der Waals surface area contributed by atoms with E-state index in [1.165, 1.54) is 38.4 Å². The molecule has 0 fully saturated rings. The topological polar surface area (TPSA) is 16.4 Å². The van der Waals surface area contributed by atoms with Crippen LogP contribution in [0.15, 0.2) is 205 Å². The van der Waals surface area contributed by atoms with Gasteiger partial charge in [-0.1, -0.05) is 152 Å². The van der Waals surface area contributed by atoms with E-state index in [2.05, 4.69) is 205 Å². The van der Waals surface area contributed by atoms with Gasteiger partial charge in [0.15, 0.2) is 0 Å². The molecule has 0 unspecified atom stereocenters. The lowest BCUT2D eigenvalue weighted by atomic mass is 9.93. The number of hydrogen-bond donors (Lipinski definition) is 0. The van der Waals surface area contributed by atoms with E-state index >= 15 is 0 Å². The first kappa shape index (κ1) is 30.0. The molecule has 52 heavy (non-hydrogen) atoms. The molecule has 10 aromatic rings. The first-order valence-electron chi connectivity index (χ1n) is 17.8. The van der Waals surface area contributed by atoms with Crippen LogP contribution in [0.2, 0.25) is 0 Å². The second kappa shape index (κ2) is 12.5. The van der Waals surface area contributed by atoms with Gasteiger partial charge in [0, 0.05) is 38.8 Å². The number of fused-ring (bicyclic) bond motifs is 6. The Morgan fingerprint density at radius 1 is 0.288 bits per heavy atom. The van der Waals surface area contributed by atoms with Crippen molar-refractivity contribution in [3.8, 4) is 33.4 Å². The molecular formula is C50H33NO. The van der Waals surface area contributed by atoms with Crippen LogP contribution in [0.25, 0.3) is 76.9 Å². The normalized spacial score (nSPS) is 11.5. The minimum atomic E-state index is 0.905. The number of para-hydroxylation sites is 2. The molecule has 0 N–H and O–H groups in total. The maximum absolute atomic E-state index is 6.87. The van der Waals surface area contributed by atoms with Gasteiger partial charge in [0.1, 0.15) is 11.2 Å². The van der Waals surface area contributed by atoms with Crippen LogP contribution in [0.1, 0.15) is 0 Å². The molecule has 0 bridgehead atoms. The zero-order chi connectivity index (χ0) is 34.4. The summed E-state index contributed by atoms with van der Waals surface area (Å²) in [4.78, 5) is 2.31. The zero-order valence-corrected chi connectivity index (χ0v) is 28.4. The number of anilines is 3. The lowest BCUT2D eigenvalue weighted by molar-refractivity contribution is 0.674. The number of benzene rings is 9. The van der Waals surface area contributed by atoms with Crippen LogP contribution >= 0.6 is 0 Å². The molecule has 2 nitrogen and oxygen atoms in total. The fraction of sp³-hybridized carbons (Fsp3) is 0. The predicted octanol–water partition coefficient (Wildman–Crippen LogP) is 14.4. The Labute approximate surface area is 302 Å². The summed E-state index contributed by atoms with van der Waals surface area (Å²) in [6.45, 7) is 0. The monoisotopic (exact) mass is 663 g/mol. The van der Waals surface area contributed by atoms with Gasteiger partial charge in [0.05, 0.1) is 0 Å². The molecule has 0 aliphatic carbocycles. The quantitative estimate of drug-likeness (QED) is 0.176. The van der Waals surface area contributed by atoms with Crippen molar-refractivity contribution in [1.29, 1.82) is 0 Å². The average molecular weight is 664 g/mol. The van der Waals surface area contributed by atoms with Crippen molar-refractivity contribution in [2.45, 2.75) is 0 Å². The summed E-state index contributed by atoms with van der Waals surface area (Å²) in [6, 6.07) is 71.5. The largest absolute Gasteiger partial charge is 0.455 e. The van der Waals surface area contributed by atoms with Gasteiger partial charge in [-0.15, -0.1) is 0 Å². The third-order valence-electron chi connectivity index (χ3n) is 10.2. The van der Waals surface area contributed by atoms with Crippen LogP contribution in [0.3, 0.4) is 0 Å². The molecule has 0 saturated heterocycles. The molecule has 2 heteroatoms. The summed E-state index contributed by atoms with van der Waals surface area (Å²) in [6.07, 6.45) is 0. The Morgan fingerprint density at radius 2 is 0.827 bits per heavy atom. The summed E-state index contributed by atoms with van der Waals surface area (Å²) < 4.78 is 6.87. The molecule has 1 aromatic heterocycles. The molecule has 0 amide bonds. The Bertz CT molecular complexity index is 2870. The number of furan rings is 1. The van der Waals surface area contributed by atoms with Gasteiger partial charge < -0.3 is 9.32 Å². The molecule has 0 aliphatic rings. The first-order valence-corrected chi connectivity index (χ1v) is 17.8. The molecule has 0 radical (unpaired) electrons. The van der Waals surface area contributed by atoms with Gasteiger partial charge in [-0.3, -0.25) is 0 Å². The first-order chi connectivity index (χ1) is 25.8. The Kier molecular flexibility index (Phi) is 7.18. The van der Waals surface area contributed by atoms with E-state index in [9.17, 15) is 0 Å². The van der Waals surface area contributed by atoms with Crippen molar-refractivity contribution in [2.24, 2.45) is 0 Å². The number of rotatable bonds is 6. The second-order valence-corrected chi connectivity index (χ2v) is 13.3. The fourth-order valence-electron chi connectivity index (χ4n) is 7.69. The zero-order valence-electron chi connectivity index (χ0n) is 28.4. The third kappa shape index (κ3) is 5.12. The lowest BCUT2D eigenvalue weighted by Crippen LogP contribution is -2.09. The van der Waals surface area contributed by atoms with E-state index in [0.29, 0.717) is 0 Å². The summed E-state index contributed by atoms with van der Waals surface area (Å²) in [5.41, 5.74) is 12.1. The molecule has 0 aliphatic heterocycles. The molecule has 0 spiro atoms. The Balaban J connectivity index is 1.07. The van der Waals surface area contributed by atoms with Crippen LogP contribution < -0.4 is 4.90 Å². The van der Waals surface area contributed by atoms with Crippen LogP contribution in [0, 0.1) is 0 Å². The Hall–Kier alpha value is -6.90. The summed E-state index contributed by atoms with van der Waals surface area (Å²) >= 11 is 0. The van der Waals surface area contributed by atoms with Crippen molar-refractivity contribution in [1.82, 2.24) is 0 Å². The van der Waals surface area contributed by atoms with Gasteiger partial charge in [-0.25, -0.2) is 0 Å². The molecule has 10 rings (SSSR count). The minimum absolute atomic E-state index is 0.905. The van der Waals surface area contributed by atoms with E-state index in [4.69, 9.17) is 4.42 Å². The molecule has 0 atom stereocenters. The highest BCUT2D eigenvalue weighted by atomic mass is 16.3. The number of hydrogen-bond acceptors (Lipinski definition) is 2. The smallest absolute Gasteiger partial charge is 0.143 e. The molecule has 0 saturated carbocycles. The molecular weight excluding hydrogens is 631 g/mol. The Morgan fingerprint density at radius 3 is 1.58 bits per heavy atom. The fourth-order valence-corrected chi connectivity index (χ4v) is 7.69. The van der Waals surface area contributed by atoms with Crippen molar-refractivity contribution in [3.63, 3.8) is 0 Å². The van der Waals surface area contributed by atoms with Crippen molar-refractivity contribution >= 4 is 60.5 Å². The van der Waals surface area contributed by atoms with Gasteiger partial charge in [-0.2, -0.15) is 0 Å². The highest BCUT2D eigenvalue weighted by Crippen LogP contribution is 2.43.